The maximum absolute atomic E-state index is 10.6. The second kappa shape index (κ2) is 5.40. The maximum atomic E-state index is 10.6. The largest absolute Gasteiger partial charge is 0.496 e. The van der Waals surface area contributed by atoms with Crippen molar-refractivity contribution in [3.63, 3.8) is 0 Å². The molecule has 76 valence electrons. The molecular weight excluding hydrogens is 178 g/mol. The number of carbonyl (C=O) groups is 1. The van der Waals surface area contributed by atoms with Gasteiger partial charge in [0.05, 0.1) is 12.7 Å². The van der Waals surface area contributed by atoms with Gasteiger partial charge in [0.15, 0.2) is 6.29 Å². The Kier molecular flexibility index (Phi) is 4.13. The van der Waals surface area contributed by atoms with Gasteiger partial charge in [-0.3, -0.25) is 4.79 Å². The van der Waals surface area contributed by atoms with Gasteiger partial charge >= 0.3 is 0 Å². The fraction of sp³-hybridized carbons (Fsp3) is 0.364. The fourth-order valence-corrected chi connectivity index (χ4v) is 1.28. The molecule has 0 saturated carbocycles. The van der Waals surface area contributed by atoms with Crippen molar-refractivity contribution in [2.45, 2.75) is 6.42 Å². The average molecular weight is 193 g/mol. The van der Waals surface area contributed by atoms with Gasteiger partial charge < -0.3 is 10.1 Å². The number of aldehydes is 1. The van der Waals surface area contributed by atoms with E-state index in [0.29, 0.717) is 11.3 Å². The molecule has 0 saturated heterocycles. The Bertz CT molecular complexity index is 310. The minimum atomic E-state index is 0.598. The molecule has 0 aliphatic rings. The summed E-state index contributed by atoms with van der Waals surface area (Å²) in [5.74, 6) is 0.647. The highest BCUT2D eigenvalue weighted by Crippen LogP contribution is 2.18. The summed E-state index contributed by atoms with van der Waals surface area (Å²) >= 11 is 0. The lowest BCUT2D eigenvalue weighted by Crippen LogP contribution is -2.10. The molecule has 0 bridgehead atoms. The van der Waals surface area contributed by atoms with Crippen LogP contribution in [0, 0.1) is 0 Å². The molecule has 0 aliphatic carbocycles. The number of likely N-dealkylation sites (N-methyl/N-ethyl adjacent to an activating group) is 1. The predicted octanol–water partition coefficient (Wildman–Crippen LogP) is 1.27. The summed E-state index contributed by atoms with van der Waals surface area (Å²) in [7, 11) is 3.49. The molecule has 14 heavy (non-hydrogen) atoms. The van der Waals surface area contributed by atoms with E-state index < -0.39 is 0 Å². The van der Waals surface area contributed by atoms with Gasteiger partial charge in [0.25, 0.3) is 0 Å². The topological polar surface area (TPSA) is 38.3 Å². The van der Waals surface area contributed by atoms with Gasteiger partial charge in [0.1, 0.15) is 5.75 Å². The van der Waals surface area contributed by atoms with Crippen LogP contribution in [-0.4, -0.2) is 27.0 Å². The first-order valence-electron chi connectivity index (χ1n) is 4.58. The number of methoxy groups -OCH3 is 1. The third kappa shape index (κ3) is 2.57. The number of rotatable bonds is 5. The summed E-state index contributed by atoms with van der Waals surface area (Å²) in [6.07, 6.45) is 1.74. The van der Waals surface area contributed by atoms with Gasteiger partial charge in [0, 0.05) is 0 Å². The lowest BCUT2D eigenvalue weighted by molar-refractivity contribution is 0.112. The van der Waals surface area contributed by atoms with Crippen molar-refractivity contribution in [1.82, 2.24) is 5.32 Å². The van der Waals surface area contributed by atoms with Crippen LogP contribution in [0.4, 0.5) is 0 Å². The molecule has 1 N–H and O–H groups in total. The molecule has 0 unspecified atom stereocenters. The molecule has 0 atom stereocenters. The molecule has 3 nitrogen and oxygen atoms in total. The van der Waals surface area contributed by atoms with Crippen LogP contribution in [0.25, 0.3) is 0 Å². The third-order valence-corrected chi connectivity index (χ3v) is 2.09. The van der Waals surface area contributed by atoms with E-state index in [0.717, 1.165) is 19.3 Å². The SMILES string of the molecule is CNCCc1ccc(C=O)c(OC)c1. The van der Waals surface area contributed by atoms with E-state index in [1.807, 2.05) is 19.2 Å². The molecule has 0 fully saturated rings. The zero-order valence-electron chi connectivity index (χ0n) is 8.54. The summed E-state index contributed by atoms with van der Waals surface area (Å²) in [5, 5.41) is 3.07. The van der Waals surface area contributed by atoms with Crippen LogP contribution < -0.4 is 10.1 Å². The molecule has 1 aromatic carbocycles. The molecule has 1 aromatic rings. The summed E-state index contributed by atoms with van der Waals surface area (Å²) in [4.78, 5) is 10.6. The minimum absolute atomic E-state index is 0.598. The van der Waals surface area contributed by atoms with Crippen LogP contribution >= 0.6 is 0 Å². The van der Waals surface area contributed by atoms with Gasteiger partial charge in [-0.25, -0.2) is 0 Å². The lowest BCUT2D eigenvalue weighted by atomic mass is 10.1. The zero-order chi connectivity index (χ0) is 10.4. The molecule has 0 radical (unpaired) electrons. The monoisotopic (exact) mass is 193 g/mol. The van der Waals surface area contributed by atoms with Crippen LogP contribution in [0.2, 0.25) is 0 Å². The second-order valence-electron chi connectivity index (χ2n) is 3.05. The first kappa shape index (κ1) is 10.7. The summed E-state index contributed by atoms with van der Waals surface area (Å²) < 4.78 is 5.11. The number of ether oxygens (including phenoxy) is 1. The van der Waals surface area contributed by atoms with Crippen molar-refractivity contribution in [2.24, 2.45) is 0 Å². The van der Waals surface area contributed by atoms with Crippen LogP contribution in [0.3, 0.4) is 0 Å². The molecule has 0 spiro atoms. The Morgan fingerprint density at radius 3 is 2.86 bits per heavy atom. The summed E-state index contributed by atoms with van der Waals surface area (Å²) in [5.41, 5.74) is 1.77. The quantitative estimate of drug-likeness (QED) is 0.716. The van der Waals surface area contributed by atoms with Crippen molar-refractivity contribution in [2.75, 3.05) is 20.7 Å². The predicted molar refractivity (Wildman–Crippen MR) is 56.0 cm³/mol. The fourth-order valence-electron chi connectivity index (χ4n) is 1.28. The Labute approximate surface area is 84.1 Å². The highest BCUT2D eigenvalue weighted by atomic mass is 16.5. The Hall–Kier alpha value is -1.35. The van der Waals surface area contributed by atoms with Gasteiger partial charge in [-0.1, -0.05) is 6.07 Å². The third-order valence-electron chi connectivity index (χ3n) is 2.09. The molecular formula is C11H15NO2. The highest BCUT2D eigenvalue weighted by molar-refractivity contribution is 5.79. The Morgan fingerprint density at radius 1 is 1.50 bits per heavy atom. The number of hydrogen-bond acceptors (Lipinski definition) is 3. The average Bonchev–Trinajstić information content (AvgIpc) is 2.25. The maximum Gasteiger partial charge on any atom is 0.153 e. The van der Waals surface area contributed by atoms with Crippen molar-refractivity contribution < 1.29 is 9.53 Å². The molecule has 0 aromatic heterocycles. The molecule has 0 amide bonds. The molecule has 1 rings (SSSR count). The van der Waals surface area contributed by atoms with E-state index >= 15 is 0 Å². The normalized spacial score (nSPS) is 9.86. The van der Waals surface area contributed by atoms with Crippen molar-refractivity contribution >= 4 is 6.29 Å². The number of carbonyl (C=O) groups excluding carboxylic acids is 1. The number of nitrogens with one attached hydrogen (secondary N) is 1. The van der Waals surface area contributed by atoms with Crippen LogP contribution in [-0.2, 0) is 6.42 Å². The van der Waals surface area contributed by atoms with E-state index in [4.69, 9.17) is 4.74 Å². The summed E-state index contributed by atoms with van der Waals surface area (Å²) in [6, 6.07) is 5.64. The Balaban J connectivity index is 2.84. The van der Waals surface area contributed by atoms with E-state index in [2.05, 4.69) is 5.32 Å². The van der Waals surface area contributed by atoms with E-state index in [1.54, 1.807) is 13.2 Å². The van der Waals surface area contributed by atoms with Crippen molar-refractivity contribution in [1.29, 1.82) is 0 Å². The van der Waals surface area contributed by atoms with Crippen LogP contribution in [0.5, 0.6) is 5.75 Å². The first-order chi connectivity index (χ1) is 6.81. The smallest absolute Gasteiger partial charge is 0.153 e. The van der Waals surface area contributed by atoms with Crippen LogP contribution in [0.1, 0.15) is 15.9 Å². The highest BCUT2D eigenvalue weighted by Gasteiger charge is 2.02. The van der Waals surface area contributed by atoms with Gasteiger partial charge in [-0.2, -0.15) is 0 Å². The van der Waals surface area contributed by atoms with Gasteiger partial charge in [-0.05, 0) is 37.7 Å². The van der Waals surface area contributed by atoms with Gasteiger partial charge in [-0.15, -0.1) is 0 Å². The first-order valence-corrected chi connectivity index (χ1v) is 4.58. The second-order valence-corrected chi connectivity index (χ2v) is 3.05. The number of hydrogen-bond donors (Lipinski definition) is 1. The number of benzene rings is 1. The van der Waals surface area contributed by atoms with Crippen molar-refractivity contribution in [3.05, 3.63) is 29.3 Å². The molecule has 0 heterocycles. The van der Waals surface area contributed by atoms with E-state index in [1.165, 1.54) is 5.56 Å². The minimum Gasteiger partial charge on any atom is -0.496 e. The van der Waals surface area contributed by atoms with Crippen molar-refractivity contribution in [3.8, 4) is 5.75 Å². The lowest BCUT2D eigenvalue weighted by Gasteiger charge is -2.06. The summed E-state index contributed by atoms with van der Waals surface area (Å²) in [6.45, 7) is 0.920. The Morgan fingerprint density at radius 2 is 2.29 bits per heavy atom. The zero-order valence-corrected chi connectivity index (χ0v) is 8.54. The standard InChI is InChI=1S/C11H15NO2/c1-12-6-5-9-3-4-10(8-13)11(7-9)14-2/h3-4,7-8,12H,5-6H2,1-2H3. The van der Waals surface area contributed by atoms with E-state index in [9.17, 15) is 4.79 Å². The molecule has 0 aliphatic heterocycles. The molecule has 3 heteroatoms. The van der Waals surface area contributed by atoms with Gasteiger partial charge in [0.2, 0.25) is 0 Å². The van der Waals surface area contributed by atoms with Crippen LogP contribution in [0.15, 0.2) is 18.2 Å². The van der Waals surface area contributed by atoms with E-state index in [-0.39, 0.29) is 0 Å².